The summed E-state index contributed by atoms with van der Waals surface area (Å²) in [7, 11) is 0. The van der Waals surface area contributed by atoms with Gasteiger partial charge in [0.15, 0.2) is 0 Å². The van der Waals surface area contributed by atoms with E-state index in [1.54, 1.807) is 0 Å². The SMILES string of the molecule is Clc1nc(C2CCOCC2)nc(-c2ccccc2)c1Br. The van der Waals surface area contributed by atoms with E-state index in [0.717, 1.165) is 47.6 Å². The summed E-state index contributed by atoms with van der Waals surface area (Å²) in [6, 6.07) is 10.0. The van der Waals surface area contributed by atoms with Gasteiger partial charge in [0.05, 0.1) is 10.2 Å². The van der Waals surface area contributed by atoms with Gasteiger partial charge in [-0.1, -0.05) is 41.9 Å². The van der Waals surface area contributed by atoms with E-state index in [9.17, 15) is 0 Å². The minimum absolute atomic E-state index is 0.330. The summed E-state index contributed by atoms with van der Waals surface area (Å²) in [5.74, 6) is 1.15. The van der Waals surface area contributed by atoms with Crippen LogP contribution in [-0.4, -0.2) is 23.2 Å². The van der Waals surface area contributed by atoms with Crippen molar-refractivity contribution in [2.45, 2.75) is 18.8 Å². The quantitative estimate of drug-likeness (QED) is 0.748. The van der Waals surface area contributed by atoms with Crippen LogP contribution in [-0.2, 0) is 4.74 Å². The maximum absolute atomic E-state index is 6.26. The van der Waals surface area contributed by atoms with Crippen molar-refractivity contribution in [2.75, 3.05) is 13.2 Å². The molecule has 0 aliphatic carbocycles. The first-order valence-corrected chi connectivity index (χ1v) is 7.79. The number of halogens is 2. The molecule has 0 amide bonds. The number of nitrogens with zero attached hydrogens (tertiary/aromatic N) is 2. The van der Waals surface area contributed by atoms with Crippen LogP contribution in [0.2, 0.25) is 5.15 Å². The molecular formula is C15H14BrClN2O. The molecule has 0 saturated carbocycles. The van der Waals surface area contributed by atoms with Gasteiger partial charge in [-0.15, -0.1) is 0 Å². The minimum atomic E-state index is 0.330. The zero-order chi connectivity index (χ0) is 13.9. The van der Waals surface area contributed by atoms with E-state index >= 15 is 0 Å². The van der Waals surface area contributed by atoms with Crippen LogP contribution in [0.25, 0.3) is 11.3 Å². The highest BCUT2D eigenvalue weighted by molar-refractivity contribution is 9.10. The van der Waals surface area contributed by atoms with Crippen molar-refractivity contribution in [3.63, 3.8) is 0 Å². The Morgan fingerprint density at radius 3 is 2.50 bits per heavy atom. The van der Waals surface area contributed by atoms with Crippen LogP contribution in [0.4, 0.5) is 0 Å². The smallest absolute Gasteiger partial charge is 0.147 e. The van der Waals surface area contributed by atoms with Crippen molar-refractivity contribution in [3.05, 3.63) is 45.8 Å². The van der Waals surface area contributed by atoms with Crippen LogP contribution in [0.3, 0.4) is 0 Å². The standard InChI is InChI=1S/C15H14BrClN2O/c16-12-13(10-4-2-1-3-5-10)18-15(19-14(12)17)11-6-8-20-9-7-11/h1-5,11H,6-9H2. The van der Waals surface area contributed by atoms with Crippen molar-refractivity contribution in [1.82, 2.24) is 9.97 Å². The zero-order valence-electron chi connectivity index (χ0n) is 10.9. The average Bonchev–Trinajstić information content (AvgIpc) is 2.51. The summed E-state index contributed by atoms with van der Waals surface area (Å²) in [4.78, 5) is 9.16. The third kappa shape index (κ3) is 2.87. The van der Waals surface area contributed by atoms with Gasteiger partial charge in [0.1, 0.15) is 11.0 Å². The van der Waals surface area contributed by atoms with Crippen molar-refractivity contribution in [2.24, 2.45) is 0 Å². The Bertz CT molecular complexity index is 600. The van der Waals surface area contributed by atoms with Crippen LogP contribution in [0.1, 0.15) is 24.6 Å². The van der Waals surface area contributed by atoms with Gasteiger partial charge < -0.3 is 4.74 Å². The van der Waals surface area contributed by atoms with Crippen LogP contribution < -0.4 is 0 Å². The Morgan fingerprint density at radius 1 is 1.10 bits per heavy atom. The van der Waals surface area contributed by atoms with Gasteiger partial charge in [-0.2, -0.15) is 0 Å². The van der Waals surface area contributed by atoms with Crippen molar-refractivity contribution in [3.8, 4) is 11.3 Å². The van der Waals surface area contributed by atoms with E-state index in [1.165, 1.54) is 0 Å². The molecule has 0 N–H and O–H groups in total. The molecular weight excluding hydrogens is 340 g/mol. The van der Waals surface area contributed by atoms with Crippen molar-refractivity contribution < 1.29 is 4.74 Å². The molecule has 1 aromatic heterocycles. The van der Waals surface area contributed by atoms with Crippen LogP contribution in [0, 0.1) is 0 Å². The van der Waals surface area contributed by atoms with Gasteiger partial charge in [0.25, 0.3) is 0 Å². The van der Waals surface area contributed by atoms with E-state index in [2.05, 4.69) is 20.9 Å². The molecule has 0 radical (unpaired) electrons. The maximum atomic E-state index is 6.26. The highest BCUT2D eigenvalue weighted by Crippen LogP contribution is 2.34. The Kier molecular flexibility index (Phi) is 4.34. The third-order valence-electron chi connectivity index (χ3n) is 3.46. The van der Waals surface area contributed by atoms with Crippen LogP contribution in [0.5, 0.6) is 0 Å². The largest absolute Gasteiger partial charge is 0.381 e. The summed E-state index contributed by atoms with van der Waals surface area (Å²) in [5.41, 5.74) is 1.89. The molecule has 3 rings (SSSR count). The lowest BCUT2D eigenvalue weighted by atomic mass is 9.99. The van der Waals surface area contributed by atoms with E-state index in [4.69, 9.17) is 21.3 Å². The van der Waals surface area contributed by atoms with E-state index in [-0.39, 0.29) is 0 Å². The molecule has 1 aliphatic rings. The lowest BCUT2D eigenvalue weighted by Crippen LogP contribution is -2.16. The predicted molar refractivity (Wildman–Crippen MR) is 83.0 cm³/mol. The van der Waals surface area contributed by atoms with Gasteiger partial charge in [0, 0.05) is 24.7 Å². The fraction of sp³-hybridized carbons (Fsp3) is 0.333. The van der Waals surface area contributed by atoms with Gasteiger partial charge in [-0.3, -0.25) is 0 Å². The van der Waals surface area contributed by atoms with Crippen molar-refractivity contribution in [1.29, 1.82) is 0 Å². The third-order valence-corrected chi connectivity index (χ3v) is 4.71. The first-order valence-electron chi connectivity index (χ1n) is 6.62. The van der Waals surface area contributed by atoms with Gasteiger partial charge >= 0.3 is 0 Å². The number of benzene rings is 1. The monoisotopic (exact) mass is 352 g/mol. The normalized spacial score (nSPS) is 16.3. The fourth-order valence-electron chi connectivity index (χ4n) is 2.36. The molecule has 5 heteroatoms. The predicted octanol–water partition coefficient (Wildman–Crippen LogP) is 4.45. The summed E-state index contributed by atoms with van der Waals surface area (Å²) >= 11 is 9.75. The number of hydrogen-bond acceptors (Lipinski definition) is 3. The van der Waals surface area contributed by atoms with E-state index < -0.39 is 0 Å². The van der Waals surface area contributed by atoms with Crippen LogP contribution >= 0.6 is 27.5 Å². The molecule has 0 unspecified atom stereocenters. The highest BCUT2D eigenvalue weighted by Gasteiger charge is 2.21. The molecule has 0 bridgehead atoms. The summed E-state index contributed by atoms with van der Waals surface area (Å²) in [6.45, 7) is 1.53. The number of rotatable bonds is 2. The minimum Gasteiger partial charge on any atom is -0.381 e. The summed E-state index contributed by atoms with van der Waals surface area (Å²) < 4.78 is 6.14. The second-order valence-electron chi connectivity index (χ2n) is 4.79. The average molecular weight is 354 g/mol. The van der Waals surface area contributed by atoms with E-state index in [1.807, 2.05) is 30.3 Å². The van der Waals surface area contributed by atoms with Crippen molar-refractivity contribution >= 4 is 27.5 Å². The molecule has 20 heavy (non-hydrogen) atoms. The van der Waals surface area contributed by atoms with Crippen LogP contribution in [0.15, 0.2) is 34.8 Å². The van der Waals surface area contributed by atoms with Gasteiger partial charge in [-0.25, -0.2) is 9.97 Å². The lowest BCUT2D eigenvalue weighted by molar-refractivity contribution is 0.0836. The summed E-state index contributed by atoms with van der Waals surface area (Å²) in [6.07, 6.45) is 1.90. The second kappa shape index (κ2) is 6.20. The molecule has 104 valence electrons. The lowest BCUT2D eigenvalue weighted by Gasteiger charge is -2.21. The Labute approximate surface area is 131 Å². The molecule has 0 spiro atoms. The molecule has 1 fully saturated rings. The Hall–Kier alpha value is -0.970. The number of ether oxygens (including phenoxy) is 1. The Morgan fingerprint density at radius 2 is 1.80 bits per heavy atom. The fourth-order valence-corrected chi connectivity index (χ4v) is 2.94. The number of hydrogen-bond donors (Lipinski definition) is 0. The number of aromatic nitrogens is 2. The summed E-state index contributed by atoms with van der Waals surface area (Å²) in [5, 5.41) is 0.473. The molecule has 3 nitrogen and oxygen atoms in total. The van der Waals surface area contributed by atoms with Gasteiger partial charge in [0.2, 0.25) is 0 Å². The van der Waals surface area contributed by atoms with Gasteiger partial charge in [-0.05, 0) is 28.8 Å². The molecule has 1 aliphatic heterocycles. The molecule has 1 aromatic carbocycles. The molecule has 1 saturated heterocycles. The first kappa shape index (κ1) is 14.0. The molecule has 2 aromatic rings. The zero-order valence-corrected chi connectivity index (χ0v) is 13.2. The Balaban J connectivity index is 2.03. The molecule has 0 atom stereocenters. The second-order valence-corrected chi connectivity index (χ2v) is 5.94. The first-order chi connectivity index (χ1) is 9.75. The van der Waals surface area contributed by atoms with E-state index in [0.29, 0.717) is 11.1 Å². The highest BCUT2D eigenvalue weighted by atomic mass is 79.9. The maximum Gasteiger partial charge on any atom is 0.147 e. The molecule has 2 heterocycles. The topological polar surface area (TPSA) is 35.0 Å².